The van der Waals surface area contributed by atoms with Crippen molar-refractivity contribution < 1.29 is 9.90 Å². The van der Waals surface area contributed by atoms with Crippen molar-refractivity contribution in [2.24, 2.45) is 0 Å². The van der Waals surface area contributed by atoms with Gasteiger partial charge in [-0.05, 0) is 18.9 Å². The molecule has 2 aromatic rings. The van der Waals surface area contributed by atoms with Gasteiger partial charge in [0.1, 0.15) is 0 Å². The molecule has 0 fully saturated rings. The molecule has 1 N–H and O–H groups in total. The van der Waals surface area contributed by atoms with E-state index < -0.39 is 5.97 Å². The van der Waals surface area contributed by atoms with Crippen LogP contribution in [0.1, 0.15) is 44.1 Å². The maximum Gasteiger partial charge on any atom is 0.309 e. The minimum atomic E-state index is -0.907. The lowest BCUT2D eigenvalue weighted by Gasteiger charge is -2.12. The Labute approximate surface area is 117 Å². The molecule has 0 amide bonds. The van der Waals surface area contributed by atoms with Crippen LogP contribution in [0, 0.1) is 0 Å². The van der Waals surface area contributed by atoms with E-state index in [1.54, 1.807) is 10.9 Å². The van der Waals surface area contributed by atoms with Gasteiger partial charge in [-0.25, -0.2) is 4.68 Å². The third kappa shape index (κ3) is 3.43. The molecule has 0 saturated heterocycles. The molecule has 0 radical (unpaired) electrons. The molecule has 2 rings (SSSR count). The zero-order valence-electron chi connectivity index (χ0n) is 11.7. The lowest BCUT2D eigenvalue weighted by atomic mass is 10.2. The SMILES string of the molecule is CCC(CC)n1ccc(Cn2cc(CC(=O)O)nn2)n1. The smallest absolute Gasteiger partial charge is 0.309 e. The van der Waals surface area contributed by atoms with Gasteiger partial charge in [0.2, 0.25) is 0 Å². The van der Waals surface area contributed by atoms with Crippen LogP contribution in [0.3, 0.4) is 0 Å². The Morgan fingerprint density at radius 2 is 2.10 bits per heavy atom. The number of carboxylic acids is 1. The van der Waals surface area contributed by atoms with Gasteiger partial charge < -0.3 is 5.11 Å². The van der Waals surface area contributed by atoms with E-state index in [9.17, 15) is 4.79 Å². The van der Waals surface area contributed by atoms with Crippen molar-refractivity contribution in [1.82, 2.24) is 24.8 Å². The van der Waals surface area contributed by atoms with E-state index in [2.05, 4.69) is 29.3 Å². The van der Waals surface area contributed by atoms with Crippen molar-refractivity contribution in [2.75, 3.05) is 0 Å². The van der Waals surface area contributed by atoms with E-state index >= 15 is 0 Å². The number of carboxylic acid groups (broad SMARTS) is 1. The average Bonchev–Trinajstić information content (AvgIpc) is 3.01. The summed E-state index contributed by atoms with van der Waals surface area (Å²) in [5, 5.41) is 21.0. The van der Waals surface area contributed by atoms with Crippen LogP contribution in [0.5, 0.6) is 0 Å². The molecular formula is C13H19N5O2. The molecular weight excluding hydrogens is 258 g/mol. The minimum absolute atomic E-state index is 0.109. The molecule has 2 aromatic heterocycles. The van der Waals surface area contributed by atoms with Crippen LogP contribution >= 0.6 is 0 Å². The molecule has 0 aliphatic rings. The summed E-state index contributed by atoms with van der Waals surface area (Å²) in [4.78, 5) is 10.6. The highest BCUT2D eigenvalue weighted by Gasteiger charge is 2.10. The van der Waals surface area contributed by atoms with E-state index in [-0.39, 0.29) is 6.42 Å². The number of aliphatic carboxylic acids is 1. The van der Waals surface area contributed by atoms with Crippen molar-refractivity contribution in [3.05, 3.63) is 29.8 Å². The van der Waals surface area contributed by atoms with Crippen LogP contribution < -0.4 is 0 Å². The molecule has 0 unspecified atom stereocenters. The third-order valence-corrected chi connectivity index (χ3v) is 3.22. The van der Waals surface area contributed by atoms with Crippen molar-refractivity contribution >= 4 is 5.97 Å². The third-order valence-electron chi connectivity index (χ3n) is 3.22. The zero-order chi connectivity index (χ0) is 14.5. The van der Waals surface area contributed by atoms with Crippen LogP contribution in [0.2, 0.25) is 0 Å². The fourth-order valence-corrected chi connectivity index (χ4v) is 2.15. The first-order valence-electron chi connectivity index (χ1n) is 6.77. The average molecular weight is 277 g/mol. The highest BCUT2D eigenvalue weighted by Crippen LogP contribution is 2.14. The lowest BCUT2D eigenvalue weighted by Crippen LogP contribution is -2.09. The minimum Gasteiger partial charge on any atom is -0.481 e. The topological polar surface area (TPSA) is 85.8 Å². The number of carbonyl (C=O) groups is 1. The number of rotatable bonds is 7. The maximum absolute atomic E-state index is 10.6. The molecule has 0 atom stereocenters. The molecule has 0 saturated carbocycles. The second-order valence-corrected chi connectivity index (χ2v) is 4.74. The van der Waals surface area contributed by atoms with E-state index in [0.717, 1.165) is 18.5 Å². The Balaban J connectivity index is 2.03. The summed E-state index contributed by atoms with van der Waals surface area (Å²) in [5.74, 6) is -0.907. The predicted molar refractivity (Wildman–Crippen MR) is 72.3 cm³/mol. The van der Waals surface area contributed by atoms with Crippen molar-refractivity contribution in [3.8, 4) is 0 Å². The van der Waals surface area contributed by atoms with Gasteiger partial charge in [0, 0.05) is 12.4 Å². The molecule has 0 aliphatic heterocycles. The van der Waals surface area contributed by atoms with Crippen LogP contribution in [-0.4, -0.2) is 35.9 Å². The monoisotopic (exact) mass is 277 g/mol. The van der Waals surface area contributed by atoms with E-state index in [1.165, 1.54) is 0 Å². The number of hydrogen-bond acceptors (Lipinski definition) is 4. The summed E-state index contributed by atoms with van der Waals surface area (Å²) in [6.07, 6.45) is 5.60. The van der Waals surface area contributed by atoms with Gasteiger partial charge in [0.15, 0.2) is 0 Å². The summed E-state index contributed by atoms with van der Waals surface area (Å²) in [6.45, 7) is 4.79. The summed E-state index contributed by atoms with van der Waals surface area (Å²) >= 11 is 0. The van der Waals surface area contributed by atoms with Gasteiger partial charge in [0.05, 0.1) is 30.4 Å². The van der Waals surface area contributed by atoms with Crippen molar-refractivity contribution in [1.29, 1.82) is 0 Å². The van der Waals surface area contributed by atoms with Crippen molar-refractivity contribution in [2.45, 2.75) is 45.7 Å². The molecule has 7 heteroatoms. The molecule has 2 heterocycles. The van der Waals surface area contributed by atoms with Gasteiger partial charge in [-0.15, -0.1) is 5.10 Å². The second kappa shape index (κ2) is 6.31. The molecule has 108 valence electrons. The molecule has 0 spiro atoms. The Hall–Kier alpha value is -2.18. The van der Waals surface area contributed by atoms with Crippen LogP contribution in [0.15, 0.2) is 18.5 Å². The van der Waals surface area contributed by atoms with Crippen LogP contribution in [0.25, 0.3) is 0 Å². The second-order valence-electron chi connectivity index (χ2n) is 4.74. The molecule has 0 aliphatic carbocycles. The van der Waals surface area contributed by atoms with Crippen LogP contribution in [-0.2, 0) is 17.8 Å². The normalized spacial score (nSPS) is 11.2. The number of aromatic nitrogens is 5. The summed E-state index contributed by atoms with van der Waals surface area (Å²) in [7, 11) is 0. The first-order valence-corrected chi connectivity index (χ1v) is 6.77. The first kappa shape index (κ1) is 14.2. The van der Waals surface area contributed by atoms with Gasteiger partial charge in [-0.1, -0.05) is 19.1 Å². The first-order chi connectivity index (χ1) is 9.62. The lowest BCUT2D eigenvalue weighted by molar-refractivity contribution is -0.136. The van der Waals surface area contributed by atoms with Crippen LogP contribution in [0.4, 0.5) is 0 Å². The summed E-state index contributed by atoms with van der Waals surface area (Å²) < 4.78 is 3.59. The highest BCUT2D eigenvalue weighted by atomic mass is 16.4. The maximum atomic E-state index is 10.6. The fourth-order valence-electron chi connectivity index (χ4n) is 2.15. The predicted octanol–water partition coefficient (Wildman–Crippen LogP) is 1.51. The van der Waals surface area contributed by atoms with E-state index in [4.69, 9.17) is 5.11 Å². The van der Waals surface area contributed by atoms with E-state index in [1.807, 2.05) is 16.9 Å². The van der Waals surface area contributed by atoms with Crippen molar-refractivity contribution in [3.63, 3.8) is 0 Å². The zero-order valence-corrected chi connectivity index (χ0v) is 11.7. The molecule has 0 bridgehead atoms. The number of hydrogen-bond donors (Lipinski definition) is 1. The molecule has 0 aromatic carbocycles. The largest absolute Gasteiger partial charge is 0.481 e. The van der Waals surface area contributed by atoms with Gasteiger partial charge >= 0.3 is 5.97 Å². The number of nitrogens with zero attached hydrogens (tertiary/aromatic N) is 5. The van der Waals surface area contributed by atoms with Gasteiger partial charge in [0.25, 0.3) is 0 Å². The van der Waals surface area contributed by atoms with Gasteiger partial charge in [-0.2, -0.15) is 5.10 Å². The molecule has 7 nitrogen and oxygen atoms in total. The van der Waals surface area contributed by atoms with Gasteiger partial charge in [-0.3, -0.25) is 9.48 Å². The van der Waals surface area contributed by atoms with E-state index in [0.29, 0.717) is 18.3 Å². The Morgan fingerprint density at radius 3 is 2.75 bits per heavy atom. The summed E-state index contributed by atoms with van der Waals surface area (Å²) in [5.41, 5.74) is 1.35. The Morgan fingerprint density at radius 1 is 1.35 bits per heavy atom. The fraction of sp³-hybridized carbons (Fsp3) is 0.538. The Kier molecular flexibility index (Phi) is 4.49. The highest BCUT2D eigenvalue weighted by molar-refractivity contribution is 5.69. The summed E-state index contributed by atoms with van der Waals surface area (Å²) in [6, 6.07) is 2.37. The standard InChI is InChI=1S/C13H19N5O2/c1-3-12(4-2)18-6-5-10(15-18)8-17-9-11(14-16-17)7-13(19)20/h5-6,9,12H,3-4,7-8H2,1-2H3,(H,19,20). The molecule has 20 heavy (non-hydrogen) atoms. The quantitative estimate of drug-likeness (QED) is 0.829. The Bertz CT molecular complexity index is 571.